The maximum atomic E-state index is 10.2. The monoisotopic (exact) mass is 395 g/mol. The molecule has 2 aromatic rings. The van der Waals surface area contributed by atoms with E-state index in [9.17, 15) is 5.11 Å². The summed E-state index contributed by atoms with van der Waals surface area (Å²) in [5.74, 6) is 0. The number of fused-ring (bicyclic) bond motifs is 2. The van der Waals surface area contributed by atoms with Gasteiger partial charge >= 0.3 is 6.01 Å². The van der Waals surface area contributed by atoms with E-state index in [0.717, 1.165) is 42.1 Å². The number of aliphatic hydroxyl groups is 1. The fraction of sp³-hybridized carbons (Fsp3) is 0.556. The Kier molecular flexibility index (Phi) is 4.92. The van der Waals surface area contributed by atoms with Crippen molar-refractivity contribution in [2.24, 2.45) is 0 Å². The summed E-state index contributed by atoms with van der Waals surface area (Å²) in [5, 5.41) is 10.2. The first kappa shape index (κ1) is 18.1. The van der Waals surface area contributed by atoms with Crippen molar-refractivity contribution in [2.75, 3.05) is 20.3 Å². The molecule has 0 unspecified atom stereocenters. The Morgan fingerprint density at radius 3 is 3.15 bits per heavy atom. The second-order valence-electron chi connectivity index (χ2n) is 6.96. The molecule has 4 rings (SSSR count). The lowest BCUT2D eigenvalue weighted by Gasteiger charge is -2.47. The van der Waals surface area contributed by atoms with E-state index in [4.69, 9.17) is 21.1 Å². The van der Waals surface area contributed by atoms with Crippen LogP contribution in [0.1, 0.15) is 42.0 Å². The molecular formula is C18H22ClN3O3S. The molecule has 4 heterocycles. The number of hydrogen-bond acceptors (Lipinski definition) is 7. The van der Waals surface area contributed by atoms with Crippen LogP contribution in [0.25, 0.3) is 0 Å². The van der Waals surface area contributed by atoms with Gasteiger partial charge < -0.3 is 14.6 Å². The molecule has 0 aromatic carbocycles. The van der Waals surface area contributed by atoms with E-state index in [1.807, 2.05) is 12.1 Å². The largest absolute Gasteiger partial charge is 0.467 e. The Morgan fingerprint density at radius 1 is 1.54 bits per heavy atom. The highest BCUT2D eigenvalue weighted by molar-refractivity contribution is 7.16. The molecule has 2 aromatic heterocycles. The van der Waals surface area contributed by atoms with Crippen LogP contribution in [0, 0.1) is 0 Å². The number of hydrogen-bond donors (Lipinski definition) is 1. The van der Waals surface area contributed by atoms with Crippen molar-refractivity contribution in [1.29, 1.82) is 0 Å². The maximum absolute atomic E-state index is 10.2. The van der Waals surface area contributed by atoms with Gasteiger partial charge in [0.05, 0.1) is 23.7 Å². The zero-order valence-electron chi connectivity index (χ0n) is 14.8. The van der Waals surface area contributed by atoms with Gasteiger partial charge in [-0.2, -0.15) is 4.98 Å². The van der Waals surface area contributed by atoms with E-state index in [0.29, 0.717) is 23.0 Å². The summed E-state index contributed by atoms with van der Waals surface area (Å²) in [6, 6.07) is 4.52. The molecule has 1 N–H and O–H groups in total. The number of likely N-dealkylation sites (tertiary alicyclic amines) is 1. The molecule has 1 fully saturated rings. The SMILES string of the molecule is COc1nccc(CN2CC[C@]3(C[C@@H]2C)OC[C@H](O)c2cc(Cl)sc23)n1. The van der Waals surface area contributed by atoms with Gasteiger partial charge in [-0.05, 0) is 31.9 Å². The molecule has 6 nitrogen and oxygen atoms in total. The molecule has 0 amide bonds. The highest BCUT2D eigenvalue weighted by Crippen LogP contribution is 2.50. The van der Waals surface area contributed by atoms with Crippen LogP contribution in [0.3, 0.4) is 0 Å². The van der Waals surface area contributed by atoms with Crippen LogP contribution in [-0.4, -0.2) is 46.3 Å². The molecule has 0 aliphatic carbocycles. The van der Waals surface area contributed by atoms with Gasteiger partial charge in [0.1, 0.15) is 11.7 Å². The van der Waals surface area contributed by atoms with Crippen LogP contribution < -0.4 is 4.74 Å². The van der Waals surface area contributed by atoms with Crippen LogP contribution in [0.2, 0.25) is 4.34 Å². The number of aromatic nitrogens is 2. The predicted octanol–water partition coefficient (Wildman–Crippen LogP) is 3.14. The van der Waals surface area contributed by atoms with Crippen molar-refractivity contribution in [3.8, 4) is 6.01 Å². The standard InChI is InChI=1S/C18H22ClN3O3S/c1-11-8-18(16-13(7-15(19)26-16)14(23)10-25-18)4-6-22(11)9-12-3-5-20-17(21-12)24-2/h3,5,7,11,14,23H,4,6,8-10H2,1-2H3/t11-,14-,18+/m0/s1. The molecule has 1 saturated heterocycles. The zero-order chi connectivity index (χ0) is 18.3. The third kappa shape index (κ3) is 3.23. The number of thiophene rings is 1. The van der Waals surface area contributed by atoms with E-state index in [2.05, 4.69) is 21.8 Å². The Hall–Kier alpha value is -1.25. The third-order valence-electron chi connectivity index (χ3n) is 5.31. The molecule has 2 aliphatic heterocycles. The topological polar surface area (TPSA) is 67.7 Å². The van der Waals surface area contributed by atoms with Crippen molar-refractivity contribution >= 4 is 22.9 Å². The summed E-state index contributed by atoms with van der Waals surface area (Å²) in [6.07, 6.45) is 2.88. The number of aliphatic hydroxyl groups excluding tert-OH is 1. The molecule has 8 heteroatoms. The van der Waals surface area contributed by atoms with Crippen molar-refractivity contribution in [3.63, 3.8) is 0 Å². The Morgan fingerprint density at radius 2 is 2.38 bits per heavy atom. The van der Waals surface area contributed by atoms with Gasteiger partial charge in [0.2, 0.25) is 0 Å². The van der Waals surface area contributed by atoms with Gasteiger partial charge in [0.15, 0.2) is 0 Å². The predicted molar refractivity (Wildman–Crippen MR) is 99.6 cm³/mol. The van der Waals surface area contributed by atoms with Gasteiger partial charge in [0, 0.05) is 35.8 Å². The second kappa shape index (κ2) is 7.05. The van der Waals surface area contributed by atoms with Crippen molar-refractivity contribution in [3.05, 3.63) is 38.8 Å². The van der Waals surface area contributed by atoms with E-state index in [1.54, 1.807) is 13.3 Å². The second-order valence-corrected chi connectivity index (χ2v) is 8.65. The minimum Gasteiger partial charge on any atom is -0.467 e. The lowest BCUT2D eigenvalue weighted by atomic mass is 9.81. The van der Waals surface area contributed by atoms with Crippen molar-refractivity contribution < 1.29 is 14.6 Å². The number of methoxy groups -OCH3 is 1. The van der Waals surface area contributed by atoms with E-state index >= 15 is 0 Å². The first-order chi connectivity index (χ1) is 12.5. The minimum atomic E-state index is -0.582. The lowest BCUT2D eigenvalue weighted by Crippen LogP contribution is -2.50. The number of rotatable bonds is 3. The van der Waals surface area contributed by atoms with E-state index < -0.39 is 6.10 Å². The highest BCUT2D eigenvalue weighted by Gasteiger charge is 2.46. The molecule has 0 saturated carbocycles. The molecule has 0 bridgehead atoms. The normalized spacial score (nSPS) is 28.9. The van der Waals surface area contributed by atoms with E-state index in [-0.39, 0.29) is 5.60 Å². The smallest absolute Gasteiger partial charge is 0.316 e. The van der Waals surface area contributed by atoms with Crippen molar-refractivity contribution in [2.45, 2.75) is 44.1 Å². The van der Waals surface area contributed by atoms with Crippen LogP contribution in [0.15, 0.2) is 18.3 Å². The molecule has 140 valence electrons. The Balaban J connectivity index is 1.52. The first-order valence-corrected chi connectivity index (χ1v) is 9.92. The van der Waals surface area contributed by atoms with Gasteiger partial charge in [-0.25, -0.2) is 4.98 Å². The van der Waals surface area contributed by atoms with Gasteiger partial charge in [0.25, 0.3) is 0 Å². The number of nitrogens with zero attached hydrogens (tertiary/aromatic N) is 3. The lowest BCUT2D eigenvalue weighted by molar-refractivity contribution is -0.139. The van der Waals surface area contributed by atoms with Crippen molar-refractivity contribution in [1.82, 2.24) is 14.9 Å². The zero-order valence-corrected chi connectivity index (χ0v) is 16.4. The average molecular weight is 396 g/mol. The summed E-state index contributed by atoms with van der Waals surface area (Å²) < 4.78 is 12.0. The third-order valence-corrected chi connectivity index (χ3v) is 6.78. The number of piperidine rings is 1. The molecule has 0 radical (unpaired) electrons. The number of halogens is 1. The van der Waals surface area contributed by atoms with Gasteiger partial charge in [-0.3, -0.25) is 4.90 Å². The van der Waals surface area contributed by atoms with Crippen LogP contribution >= 0.6 is 22.9 Å². The fourth-order valence-corrected chi connectivity index (χ4v) is 5.44. The quantitative estimate of drug-likeness (QED) is 0.861. The van der Waals surface area contributed by atoms with Crippen LogP contribution in [0.4, 0.5) is 0 Å². The molecule has 2 aliphatic rings. The minimum absolute atomic E-state index is 0.314. The number of ether oxygens (including phenoxy) is 2. The summed E-state index contributed by atoms with van der Waals surface area (Å²) in [4.78, 5) is 12.0. The Bertz CT molecular complexity index is 802. The Labute approximate surface area is 161 Å². The summed E-state index contributed by atoms with van der Waals surface area (Å²) in [7, 11) is 1.57. The average Bonchev–Trinajstić information content (AvgIpc) is 3.05. The molecule has 1 spiro atoms. The fourth-order valence-electron chi connectivity index (χ4n) is 3.97. The van der Waals surface area contributed by atoms with Crippen LogP contribution in [-0.2, 0) is 16.9 Å². The maximum Gasteiger partial charge on any atom is 0.316 e. The van der Waals surface area contributed by atoms with Gasteiger partial charge in [-0.1, -0.05) is 11.6 Å². The van der Waals surface area contributed by atoms with Gasteiger partial charge in [-0.15, -0.1) is 11.3 Å². The van der Waals surface area contributed by atoms with Crippen LogP contribution in [0.5, 0.6) is 6.01 Å². The molecular weight excluding hydrogens is 374 g/mol. The van der Waals surface area contributed by atoms with E-state index in [1.165, 1.54) is 11.3 Å². The summed E-state index contributed by atoms with van der Waals surface area (Å²) in [5.41, 5.74) is 1.54. The first-order valence-electron chi connectivity index (χ1n) is 8.72. The highest BCUT2D eigenvalue weighted by atomic mass is 35.5. The molecule has 26 heavy (non-hydrogen) atoms. The molecule has 3 atom stereocenters. The summed E-state index contributed by atoms with van der Waals surface area (Å²) >= 11 is 7.77. The summed E-state index contributed by atoms with van der Waals surface area (Å²) in [6.45, 7) is 4.17.